The molecule has 0 saturated carbocycles. The van der Waals surface area contributed by atoms with E-state index in [4.69, 9.17) is 4.74 Å². The zero-order chi connectivity index (χ0) is 17.1. The lowest BCUT2D eigenvalue weighted by molar-refractivity contribution is 0.215. The molecular weight excluding hydrogens is 312 g/mol. The Morgan fingerprint density at radius 2 is 1.84 bits per heavy atom. The van der Waals surface area contributed by atoms with E-state index in [0.717, 1.165) is 31.3 Å². The van der Waals surface area contributed by atoms with Crippen molar-refractivity contribution in [2.75, 3.05) is 38.2 Å². The SMILES string of the molecule is COc1ccc(CN2CC[C@]3(CCCN(c4ncccn4)C3)C2)cc1. The second kappa shape index (κ2) is 7.00. The molecule has 3 heterocycles. The molecular formula is C20H26N4O. The highest BCUT2D eigenvalue weighted by Gasteiger charge is 2.41. The molecule has 2 saturated heterocycles. The van der Waals surface area contributed by atoms with E-state index < -0.39 is 0 Å². The number of benzene rings is 1. The number of likely N-dealkylation sites (tertiary alicyclic amines) is 1. The van der Waals surface area contributed by atoms with Gasteiger partial charge in [0.05, 0.1) is 7.11 Å². The van der Waals surface area contributed by atoms with Crippen molar-refractivity contribution in [3.63, 3.8) is 0 Å². The lowest BCUT2D eigenvalue weighted by Gasteiger charge is -2.40. The molecule has 2 fully saturated rings. The third kappa shape index (κ3) is 3.61. The molecule has 0 aliphatic carbocycles. The Bertz CT molecular complexity index is 691. The van der Waals surface area contributed by atoms with Crippen LogP contribution in [0.5, 0.6) is 5.75 Å². The summed E-state index contributed by atoms with van der Waals surface area (Å²) in [6, 6.07) is 10.3. The number of hydrogen-bond donors (Lipinski definition) is 0. The van der Waals surface area contributed by atoms with E-state index in [-0.39, 0.29) is 0 Å². The Labute approximate surface area is 149 Å². The van der Waals surface area contributed by atoms with Crippen molar-refractivity contribution < 1.29 is 4.74 Å². The fraction of sp³-hybridized carbons (Fsp3) is 0.500. The van der Waals surface area contributed by atoms with Crippen LogP contribution in [-0.2, 0) is 6.54 Å². The van der Waals surface area contributed by atoms with E-state index in [9.17, 15) is 0 Å². The van der Waals surface area contributed by atoms with Crippen LogP contribution in [0.15, 0.2) is 42.7 Å². The van der Waals surface area contributed by atoms with Crippen LogP contribution < -0.4 is 9.64 Å². The highest BCUT2D eigenvalue weighted by molar-refractivity contribution is 5.31. The number of nitrogens with zero attached hydrogens (tertiary/aromatic N) is 4. The van der Waals surface area contributed by atoms with Crippen molar-refractivity contribution in [1.29, 1.82) is 0 Å². The third-order valence-corrected chi connectivity index (χ3v) is 5.58. The van der Waals surface area contributed by atoms with Gasteiger partial charge in [0.1, 0.15) is 5.75 Å². The number of piperidine rings is 1. The number of anilines is 1. The summed E-state index contributed by atoms with van der Waals surface area (Å²) in [4.78, 5) is 13.9. The van der Waals surface area contributed by atoms with Crippen LogP contribution in [0.4, 0.5) is 5.95 Å². The molecule has 2 aromatic rings. The van der Waals surface area contributed by atoms with Gasteiger partial charge < -0.3 is 9.64 Å². The van der Waals surface area contributed by atoms with Gasteiger partial charge in [-0.2, -0.15) is 0 Å². The van der Waals surface area contributed by atoms with E-state index in [1.165, 1.54) is 37.9 Å². The minimum Gasteiger partial charge on any atom is -0.497 e. The zero-order valence-corrected chi connectivity index (χ0v) is 14.9. The predicted molar refractivity (Wildman–Crippen MR) is 98.8 cm³/mol. The van der Waals surface area contributed by atoms with Crippen LogP contribution in [-0.4, -0.2) is 48.2 Å². The number of ether oxygens (including phenoxy) is 1. The molecule has 132 valence electrons. The van der Waals surface area contributed by atoms with E-state index in [1.807, 2.05) is 18.5 Å². The maximum absolute atomic E-state index is 5.25. The van der Waals surface area contributed by atoms with Gasteiger partial charge in [-0.3, -0.25) is 4.90 Å². The summed E-state index contributed by atoms with van der Waals surface area (Å²) in [5.74, 6) is 1.81. The van der Waals surface area contributed by atoms with Gasteiger partial charge >= 0.3 is 0 Å². The molecule has 1 aromatic heterocycles. The standard InChI is InChI=1S/C20H26N4O/c1-25-18-6-4-17(5-7-18)14-23-13-9-20(15-23)8-2-12-24(16-20)19-21-10-3-11-22-19/h3-7,10-11H,2,8-9,12-16H2,1H3/t20-/m1/s1. The van der Waals surface area contributed by atoms with Gasteiger partial charge in [0.15, 0.2) is 0 Å². The van der Waals surface area contributed by atoms with Gasteiger partial charge in [0, 0.05) is 44.0 Å². The Morgan fingerprint density at radius 3 is 2.60 bits per heavy atom. The largest absolute Gasteiger partial charge is 0.497 e. The Morgan fingerprint density at radius 1 is 1.04 bits per heavy atom. The van der Waals surface area contributed by atoms with Crippen molar-refractivity contribution >= 4 is 5.95 Å². The Hall–Kier alpha value is -2.14. The first kappa shape index (κ1) is 16.3. The van der Waals surface area contributed by atoms with Gasteiger partial charge in [-0.25, -0.2) is 9.97 Å². The third-order valence-electron chi connectivity index (χ3n) is 5.58. The average molecular weight is 338 g/mol. The summed E-state index contributed by atoms with van der Waals surface area (Å²) < 4.78 is 5.25. The predicted octanol–water partition coefficient (Wildman–Crippen LogP) is 2.98. The average Bonchev–Trinajstić information content (AvgIpc) is 3.05. The Balaban J connectivity index is 1.40. The maximum atomic E-state index is 5.25. The highest BCUT2D eigenvalue weighted by atomic mass is 16.5. The Kier molecular flexibility index (Phi) is 4.57. The number of rotatable bonds is 4. The summed E-state index contributed by atoms with van der Waals surface area (Å²) >= 11 is 0. The number of methoxy groups -OCH3 is 1. The van der Waals surface area contributed by atoms with Crippen LogP contribution in [0.3, 0.4) is 0 Å². The van der Waals surface area contributed by atoms with E-state index in [2.05, 4.69) is 44.0 Å². The van der Waals surface area contributed by atoms with Crippen LogP contribution in [0, 0.1) is 5.41 Å². The van der Waals surface area contributed by atoms with Crippen molar-refractivity contribution in [2.45, 2.75) is 25.8 Å². The molecule has 2 aliphatic rings. The monoisotopic (exact) mass is 338 g/mol. The van der Waals surface area contributed by atoms with Crippen molar-refractivity contribution in [3.05, 3.63) is 48.3 Å². The van der Waals surface area contributed by atoms with Crippen molar-refractivity contribution in [1.82, 2.24) is 14.9 Å². The van der Waals surface area contributed by atoms with Gasteiger partial charge in [-0.05, 0) is 49.6 Å². The molecule has 0 bridgehead atoms. The summed E-state index contributed by atoms with van der Waals surface area (Å²) in [6.07, 6.45) is 7.50. The number of aromatic nitrogens is 2. The molecule has 5 heteroatoms. The molecule has 1 spiro atoms. The van der Waals surface area contributed by atoms with Gasteiger partial charge in [0.2, 0.25) is 5.95 Å². The smallest absolute Gasteiger partial charge is 0.225 e. The molecule has 25 heavy (non-hydrogen) atoms. The molecule has 0 N–H and O–H groups in total. The van der Waals surface area contributed by atoms with Crippen LogP contribution in [0.1, 0.15) is 24.8 Å². The minimum absolute atomic E-state index is 0.393. The number of hydrogen-bond acceptors (Lipinski definition) is 5. The second-order valence-corrected chi connectivity index (χ2v) is 7.38. The first-order valence-electron chi connectivity index (χ1n) is 9.14. The fourth-order valence-corrected chi connectivity index (χ4v) is 4.32. The normalized spacial score (nSPS) is 24.0. The molecule has 1 atom stereocenters. The lowest BCUT2D eigenvalue weighted by Crippen LogP contribution is -2.45. The van der Waals surface area contributed by atoms with Crippen molar-refractivity contribution in [2.24, 2.45) is 5.41 Å². The molecule has 1 aromatic carbocycles. The van der Waals surface area contributed by atoms with Gasteiger partial charge in [-0.15, -0.1) is 0 Å². The van der Waals surface area contributed by atoms with E-state index in [1.54, 1.807) is 7.11 Å². The summed E-state index contributed by atoms with van der Waals surface area (Å²) in [7, 11) is 1.71. The molecule has 0 amide bonds. The first-order chi connectivity index (χ1) is 12.3. The van der Waals surface area contributed by atoms with Crippen LogP contribution >= 0.6 is 0 Å². The van der Waals surface area contributed by atoms with Crippen molar-refractivity contribution in [3.8, 4) is 5.75 Å². The molecule has 5 nitrogen and oxygen atoms in total. The molecule has 0 radical (unpaired) electrons. The van der Waals surface area contributed by atoms with E-state index in [0.29, 0.717) is 5.41 Å². The first-order valence-corrected chi connectivity index (χ1v) is 9.14. The second-order valence-electron chi connectivity index (χ2n) is 7.38. The zero-order valence-electron chi connectivity index (χ0n) is 14.9. The highest BCUT2D eigenvalue weighted by Crippen LogP contribution is 2.40. The molecule has 4 rings (SSSR count). The van der Waals surface area contributed by atoms with Crippen LogP contribution in [0.25, 0.3) is 0 Å². The van der Waals surface area contributed by atoms with Gasteiger partial charge in [0.25, 0.3) is 0 Å². The molecule has 2 aliphatic heterocycles. The molecule has 0 unspecified atom stereocenters. The topological polar surface area (TPSA) is 41.5 Å². The fourth-order valence-electron chi connectivity index (χ4n) is 4.32. The lowest BCUT2D eigenvalue weighted by atomic mass is 9.79. The summed E-state index contributed by atoms with van der Waals surface area (Å²) in [5, 5.41) is 0. The van der Waals surface area contributed by atoms with Crippen LogP contribution in [0.2, 0.25) is 0 Å². The summed E-state index contributed by atoms with van der Waals surface area (Å²) in [5.41, 5.74) is 1.75. The van der Waals surface area contributed by atoms with Gasteiger partial charge in [-0.1, -0.05) is 12.1 Å². The summed E-state index contributed by atoms with van der Waals surface area (Å²) in [6.45, 7) is 5.52. The maximum Gasteiger partial charge on any atom is 0.225 e. The van der Waals surface area contributed by atoms with E-state index >= 15 is 0 Å². The minimum atomic E-state index is 0.393. The quantitative estimate of drug-likeness (QED) is 0.857.